The van der Waals surface area contributed by atoms with Gasteiger partial charge in [-0.05, 0) is 13.0 Å². The van der Waals surface area contributed by atoms with Crippen LogP contribution in [0.15, 0.2) is 6.07 Å². The van der Waals surface area contributed by atoms with Crippen molar-refractivity contribution in [3.8, 4) is 0 Å². The van der Waals surface area contributed by atoms with E-state index in [1.165, 1.54) is 6.92 Å². The summed E-state index contributed by atoms with van der Waals surface area (Å²) >= 11 is 5.66. The van der Waals surface area contributed by atoms with Crippen LogP contribution in [0.2, 0.25) is 5.02 Å². The third kappa shape index (κ3) is 3.02. The van der Waals surface area contributed by atoms with Crippen molar-refractivity contribution in [2.24, 2.45) is 0 Å². The summed E-state index contributed by atoms with van der Waals surface area (Å²) in [6.07, 6.45) is -5.77. The Bertz CT molecular complexity index is 699. The predicted octanol–water partition coefficient (Wildman–Crippen LogP) is 3.94. The largest absolute Gasteiger partial charge is 0.450 e. The SMILES string of the molecule is CCOC(=O)Nc1c(F)cc(Cl)c2nc(C(F)(F)F)[nH]c12. The molecular formula is C11H8ClF4N3O2. The predicted molar refractivity (Wildman–Crippen MR) is 66.7 cm³/mol. The van der Waals surface area contributed by atoms with Gasteiger partial charge in [-0.25, -0.2) is 14.2 Å². The van der Waals surface area contributed by atoms with Gasteiger partial charge in [0.2, 0.25) is 5.82 Å². The third-order valence-electron chi connectivity index (χ3n) is 2.44. The van der Waals surface area contributed by atoms with E-state index in [1.54, 1.807) is 0 Å². The molecule has 114 valence electrons. The van der Waals surface area contributed by atoms with Gasteiger partial charge in [0, 0.05) is 0 Å². The van der Waals surface area contributed by atoms with Gasteiger partial charge in [0.15, 0.2) is 5.82 Å². The number of carbonyl (C=O) groups excluding carboxylic acids is 1. The van der Waals surface area contributed by atoms with Crippen LogP contribution in [0.5, 0.6) is 0 Å². The number of aromatic amines is 1. The second-order valence-corrected chi connectivity index (χ2v) is 4.27. The molecule has 1 aromatic carbocycles. The smallest absolute Gasteiger partial charge is 0.449 e. The summed E-state index contributed by atoms with van der Waals surface area (Å²) in [4.78, 5) is 16.5. The summed E-state index contributed by atoms with van der Waals surface area (Å²) in [5, 5.41) is 1.70. The molecule has 10 heteroatoms. The fraction of sp³-hybridized carbons (Fsp3) is 0.273. The van der Waals surface area contributed by atoms with Crippen LogP contribution in [-0.2, 0) is 10.9 Å². The van der Waals surface area contributed by atoms with Crippen molar-refractivity contribution in [3.63, 3.8) is 0 Å². The number of benzene rings is 1. The molecule has 2 N–H and O–H groups in total. The Morgan fingerprint density at radius 3 is 2.76 bits per heavy atom. The molecule has 0 spiro atoms. The molecule has 0 aliphatic carbocycles. The van der Waals surface area contributed by atoms with Crippen LogP contribution < -0.4 is 5.32 Å². The van der Waals surface area contributed by atoms with E-state index < -0.39 is 29.6 Å². The average molecular weight is 326 g/mol. The molecule has 1 aromatic heterocycles. The summed E-state index contributed by atoms with van der Waals surface area (Å²) in [7, 11) is 0. The maximum atomic E-state index is 13.8. The quantitative estimate of drug-likeness (QED) is 0.822. The molecule has 1 amide bonds. The molecule has 0 unspecified atom stereocenters. The lowest BCUT2D eigenvalue weighted by molar-refractivity contribution is -0.144. The molecular weight excluding hydrogens is 318 g/mol. The second-order valence-electron chi connectivity index (χ2n) is 3.87. The molecule has 2 aromatic rings. The van der Waals surface area contributed by atoms with E-state index in [-0.39, 0.29) is 22.7 Å². The molecule has 0 saturated heterocycles. The number of fused-ring (bicyclic) bond motifs is 1. The van der Waals surface area contributed by atoms with Gasteiger partial charge in [-0.1, -0.05) is 11.6 Å². The van der Waals surface area contributed by atoms with E-state index in [2.05, 4.69) is 9.72 Å². The number of hydrogen-bond acceptors (Lipinski definition) is 3. The highest BCUT2D eigenvalue weighted by Gasteiger charge is 2.35. The summed E-state index contributed by atoms with van der Waals surface area (Å²) in [6, 6.07) is 0.756. The molecule has 0 bridgehead atoms. The average Bonchev–Trinajstić information content (AvgIpc) is 2.80. The van der Waals surface area contributed by atoms with Gasteiger partial charge in [-0.3, -0.25) is 5.32 Å². The number of rotatable bonds is 2. The Balaban J connectivity index is 2.58. The fourth-order valence-electron chi connectivity index (χ4n) is 1.62. The fourth-order valence-corrected chi connectivity index (χ4v) is 1.86. The molecule has 0 aliphatic rings. The number of carbonyl (C=O) groups is 1. The van der Waals surface area contributed by atoms with E-state index in [1.807, 2.05) is 10.3 Å². The van der Waals surface area contributed by atoms with Gasteiger partial charge in [0.05, 0.1) is 17.1 Å². The van der Waals surface area contributed by atoms with Gasteiger partial charge in [-0.2, -0.15) is 13.2 Å². The first-order valence-corrected chi connectivity index (χ1v) is 6.00. The lowest BCUT2D eigenvalue weighted by atomic mass is 10.2. The minimum absolute atomic E-state index is 0.0148. The standard InChI is InChI=1S/C11H8ClF4N3O2/c1-2-21-10(20)19-7-5(13)3-4(12)6-8(7)18-9(17-6)11(14,15)16/h3H,2H2,1H3,(H,17,18)(H,19,20). The Kier molecular flexibility index (Phi) is 3.95. The maximum absolute atomic E-state index is 13.8. The summed E-state index contributed by atoms with van der Waals surface area (Å²) in [5.41, 5.74) is -1.20. The topological polar surface area (TPSA) is 67.0 Å². The van der Waals surface area contributed by atoms with Crippen molar-refractivity contribution in [1.82, 2.24) is 9.97 Å². The normalized spacial score (nSPS) is 11.7. The first kappa shape index (κ1) is 15.4. The van der Waals surface area contributed by atoms with Crippen LogP contribution in [-0.4, -0.2) is 22.7 Å². The van der Waals surface area contributed by atoms with Crippen LogP contribution in [0.3, 0.4) is 0 Å². The molecule has 5 nitrogen and oxygen atoms in total. The number of amides is 1. The highest BCUT2D eigenvalue weighted by Crippen LogP contribution is 2.35. The summed E-state index contributed by atoms with van der Waals surface area (Å²) in [5.74, 6) is -2.37. The number of H-pyrrole nitrogens is 1. The van der Waals surface area contributed by atoms with Gasteiger partial charge < -0.3 is 9.72 Å². The van der Waals surface area contributed by atoms with Crippen molar-refractivity contribution >= 4 is 34.4 Å². The Labute approximate surface area is 120 Å². The zero-order valence-electron chi connectivity index (χ0n) is 10.4. The number of nitrogens with zero attached hydrogens (tertiary/aromatic N) is 1. The van der Waals surface area contributed by atoms with E-state index in [9.17, 15) is 22.4 Å². The van der Waals surface area contributed by atoms with Crippen LogP contribution in [0, 0.1) is 5.82 Å². The number of ether oxygens (including phenoxy) is 1. The minimum atomic E-state index is -4.76. The molecule has 21 heavy (non-hydrogen) atoms. The monoisotopic (exact) mass is 325 g/mol. The van der Waals surface area contributed by atoms with E-state index >= 15 is 0 Å². The first-order valence-electron chi connectivity index (χ1n) is 5.62. The molecule has 2 rings (SSSR count). The van der Waals surface area contributed by atoms with E-state index in [0.717, 1.165) is 6.07 Å². The van der Waals surface area contributed by atoms with Crippen LogP contribution in [0.1, 0.15) is 12.7 Å². The molecule has 0 saturated carbocycles. The van der Waals surface area contributed by atoms with Gasteiger partial charge in [-0.15, -0.1) is 0 Å². The Morgan fingerprint density at radius 1 is 1.52 bits per heavy atom. The van der Waals surface area contributed by atoms with Gasteiger partial charge in [0.25, 0.3) is 0 Å². The number of halogens is 5. The zero-order chi connectivity index (χ0) is 15.8. The van der Waals surface area contributed by atoms with Gasteiger partial charge >= 0.3 is 12.3 Å². The highest BCUT2D eigenvalue weighted by molar-refractivity contribution is 6.35. The minimum Gasteiger partial charge on any atom is -0.450 e. The Hall–Kier alpha value is -2.03. The number of aromatic nitrogens is 2. The summed E-state index contributed by atoms with van der Waals surface area (Å²) in [6.45, 7) is 1.53. The van der Waals surface area contributed by atoms with E-state index in [0.29, 0.717) is 0 Å². The Morgan fingerprint density at radius 2 is 2.19 bits per heavy atom. The maximum Gasteiger partial charge on any atom is 0.449 e. The molecule has 0 fully saturated rings. The van der Waals surface area contributed by atoms with Crippen molar-refractivity contribution < 1.29 is 27.1 Å². The molecule has 0 radical (unpaired) electrons. The number of nitrogens with one attached hydrogen (secondary N) is 2. The number of alkyl halides is 3. The number of anilines is 1. The first-order chi connectivity index (χ1) is 9.74. The number of hydrogen-bond donors (Lipinski definition) is 2. The van der Waals surface area contributed by atoms with Crippen molar-refractivity contribution in [3.05, 3.63) is 22.7 Å². The summed E-state index contributed by atoms with van der Waals surface area (Å²) < 4.78 is 56.2. The van der Waals surface area contributed by atoms with Crippen LogP contribution >= 0.6 is 11.6 Å². The lowest BCUT2D eigenvalue weighted by Gasteiger charge is -2.08. The molecule has 0 aliphatic heterocycles. The van der Waals surface area contributed by atoms with Crippen molar-refractivity contribution in [1.29, 1.82) is 0 Å². The number of imidazole rings is 1. The van der Waals surface area contributed by atoms with Crippen LogP contribution in [0.25, 0.3) is 11.0 Å². The molecule has 1 heterocycles. The van der Waals surface area contributed by atoms with Crippen molar-refractivity contribution in [2.45, 2.75) is 13.1 Å². The second kappa shape index (κ2) is 5.40. The van der Waals surface area contributed by atoms with E-state index in [4.69, 9.17) is 11.6 Å². The van der Waals surface area contributed by atoms with Crippen molar-refractivity contribution in [2.75, 3.05) is 11.9 Å². The van der Waals surface area contributed by atoms with Gasteiger partial charge in [0.1, 0.15) is 11.2 Å². The highest BCUT2D eigenvalue weighted by atomic mass is 35.5. The third-order valence-corrected chi connectivity index (χ3v) is 2.73. The van der Waals surface area contributed by atoms with Crippen LogP contribution in [0.4, 0.5) is 28.0 Å². The molecule has 0 atom stereocenters. The zero-order valence-corrected chi connectivity index (χ0v) is 11.2. The lowest BCUT2D eigenvalue weighted by Crippen LogP contribution is -2.14.